The highest BCUT2D eigenvalue weighted by atomic mass is 16.7. The Morgan fingerprint density at radius 1 is 1.07 bits per heavy atom. The van der Waals surface area contributed by atoms with Crippen LogP contribution in [0.25, 0.3) is 0 Å². The first-order chi connectivity index (χ1) is 20.5. The summed E-state index contributed by atoms with van der Waals surface area (Å²) >= 11 is 0. The Morgan fingerprint density at radius 2 is 1.86 bits per heavy atom. The molecular weight excluding hydrogens is 548 g/mol. The van der Waals surface area contributed by atoms with Crippen molar-refractivity contribution in [2.24, 2.45) is 39.7 Å². The number of nitrogens with one attached hydrogen (secondary N) is 1. The smallest absolute Gasteiger partial charge is 0.438 e. The van der Waals surface area contributed by atoms with Crippen molar-refractivity contribution < 1.29 is 28.8 Å². The van der Waals surface area contributed by atoms with Gasteiger partial charge in [0.1, 0.15) is 0 Å². The molecule has 4 fully saturated rings. The molecule has 5 aliphatic rings. The number of hydrogen-bond acceptors (Lipinski definition) is 8. The molecule has 3 saturated carbocycles. The van der Waals surface area contributed by atoms with Gasteiger partial charge in [-0.1, -0.05) is 24.6 Å². The first kappa shape index (κ1) is 31.7. The predicted octanol–water partition coefficient (Wildman–Crippen LogP) is 4.68. The summed E-state index contributed by atoms with van der Waals surface area (Å²) in [5.41, 5.74) is 2.50. The molecule has 5 rings (SSSR count). The SMILES string of the molecule is C/C(=N\OC(=O)N(CCC1CCC(C(=O)N(C)C)N1)COC=O)[C@H]1CC[C@H]2[C@@H]3CCC4=CC(=O)CC[C@]4(C)[C@H]3CC[C@]12C. The van der Waals surface area contributed by atoms with Crippen LogP contribution in [0, 0.1) is 34.5 Å². The fourth-order valence-corrected chi connectivity index (χ4v) is 9.67. The average molecular weight is 599 g/mol. The van der Waals surface area contributed by atoms with Crippen LogP contribution in [0.5, 0.6) is 0 Å². The first-order valence-electron chi connectivity index (χ1n) is 16.2. The number of fused-ring (bicyclic) bond motifs is 5. The molecule has 0 aromatic rings. The molecule has 2 amide bonds. The minimum absolute atomic E-state index is 0.0500. The van der Waals surface area contributed by atoms with E-state index in [1.54, 1.807) is 19.0 Å². The summed E-state index contributed by atoms with van der Waals surface area (Å²) in [6, 6.07) is -0.133. The van der Waals surface area contributed by atoms with Gasteiger partial charge in [-0.2, -0.15) is 0 Å². The van der Waals surface area contributed by atoms with Gasteiger partial charge in [0.15, 0.2) is 12.5 Å². The Bertz CT molecular complexity index is 1170. The van der Waals surface area contributed by atoms with Gasteiger partial charge in [-0.05, 0) is 106 Å². The van der Waals surface area contributed by atoms with E-state index in [-0.39, 0.29) is 41.5 Å². The van der Waals surface area contributed by atoms with Crippen LogP contribution in [0.1, 0.15) is 91.4 Å². The third-order valence-electron chi connectivity index (χ3n) is 12.0. The van der Waals surface area contributed by atoms with Crippen LogP contribution in [0.3, 0.4) is 0 Å². The summed E-state index contributed by atoms with van der Waals surface area (Å²) in [6.45, 7) is 7.22. The second-order valence-corrected chi connectivity index (χ2v) is 14.4. The van der Waals surface area contributed by atoms with E-state index in [2.05, 4.69) is 24.3 Å². The number of carbonyl (C=O) groups is 4. The standard InChI is InChI=1S/C33H50N4O6/c1-21(35-43-31(41)37(19-42-20-38)17-14-23-7-11-29(34-23)30(40)36(4)5)26-9-10-27-25-8-6-22-18-24(39)12-15-32(22,2)28(25)13-16-33(26,27)3/h18,20,23,25-29,34H,6-17,19H2,1-5H3/b35-21+/t23?,25-,26+,27-,28-,29?,32-,33+/m0/s1. The Kier molecular flexibility index (Phi) is 9.35. The van der Waals surface area contributed by atoms with Crippen molar-refractivity contribution >= 4 is 30.0 Å². The molecule has 2 unspecified atom stereocenters. The quantitative estimate of drug-likeness (QED) is 0.135. The maximum atomic E-state index is 13.1. The van der Waals surface area contributed by atoms with E-state index in [0.29, 0.717) is 49.4 Å². The predicted molar refractivity (Wildman–Crippen MR) is 162 cm³/mol. The van der Waals surface area contributed by atoms with Crippen LogP contribution in [-0.4, -0.2) is 79.2 Å². The number of rotatable bonds is 9. The lowest BCUT2D eigenvalue weighted by Gasteiger charge is -2.58. The second kappa shape index (κ2) is 12.7. The third-order valence-corrected chi connectivity index (χ3v) is 12.0. The fourth-order valence-electron chi connectivity index (χ4n) is 9.67. The van der Waals surface area contributed by atoms with E-state index < -0.39 is 6.09 Å². The molecule has 4 aliphatic carbocycles. The van der Waals surface area contributed by atoms with Crippen LogP contribution in [0.4, 0.5) is 4.79 Å². The number of ether oxygens (including phenoxy) is 1. The van der Waals surface area contributed by atoms with Crippen LogP contribution in [-0.2, 0) is 24.0 Å². The van der Waals surface area contributed by atoms with Crippen molar-refractivity contribution in [1.82, 2.24) is 15.1 Å². The lowest BCUT2D eigenvalue weighted by molar-refractivity contribution is -0.132. The third kappa shape index (κ3) is 6.13. The molecule has 1 saturated heterocycles. The molecule has 0 bridgehead atoms. The minimum Gasteiger partial charge on any atom is -0.446 e. The molecule has 0 aromatic heterocycles. The summed E-state index contributed by atoms with van der Waals surface area (Å²) in [5.74, 6) is 2.48. The largest absolute Gasteiger partial charge is 0.446 e. The molecule has 1 aliphatic heterocycles. The Morgan fingerprint density at radius 3 is 2.60 bits per heavy atom. The lowest BCUT2D eigenvalue weighted by Crippen LogP contribution is -2.51. The molecule has 0 spiro atoms. The first-order valence-corrected chi connectivity index (χ1v) is 16.2. The summed E-state index contributed by atoms with van der Waals surface area (Å²) in [6.07, 6.45) is 11.8. The van der Waals surface area contributed by atoms with Gasteiger partial charge in [-0.15, -0.1) is 0 Å². The van der Waals surface area contributed by atoms with Crippen LogP contribution in [0.15, 0.2) is 16.8 Å². The van der Waals surface area contributed by atoms with Crippen molar-refractivity contribution in [2.75, 3.05) is 27.4 Å². The van der Waals surface area contributed by atoms with Crippen molar-refractivity contribution in [3.63, 3.8) is 0 Å². The van der Waals surface area contributed by atoms with Crippen molar-refractivity contribution in [2.45, 2.75) is 103 Å². The zero-order chi connectivity index (χ0) is 30.9. The molecule has 8 atom stereocenters. The molecule has 238 valence electrons. The highest BCUT2D eigenvalue weighted by Crippen LogP contribution is 2.66. The number of amides is 2. The minimum atomic E-state index is -0.644. The number of allylic oxidation sites excluding steroid dienone is 1. The number of ketones is 1. The molecule has 10 heteroatoms. The maximum Gasteiger partial charge on any atom is 0.438 e. The topological polar surface area (TPSA) is 118 Å². The summed E-state index contributed by atoms with van der Waals surface area (Å²) in [5, 5.41) is 7.72. The van der Waals surface area contributed by atoms with Crippen molar-refractivity contribution in [3.05, 3.63) is 11.6 Å². The van der Waals surface area contributed by atoms with Gasteiger partial charge in [0.25, 0.3) is 6.47 Å². The van der Waals surface area contributed by atoms with E-state index in [4.69, 9.17) is 9.57 Å². The van der Waals surface area contributed by atoms with E-state index >= 15 is 0 Å². The van der Waals surface area contributed by atoms with Gasteiger partial charge in [0, 0.05) is 39.0 Å². The second-order valence-electron chi connectivity index (χ2n) is 14.4. The zero-order valence-electron chi connectivity index (χ0n) is 26.6. The summed E-state index contributed by atoms with van der Waals surface area (Å²) in [4.78, 5) is 56.8. The van der Waals surface area contributed by atoms with Gasteiger partial charge in [0.2, 0.25) is 5.91 Å². The van der Waals surface area contributed by atoms with E-state index in [1.807, 2.05) is 13.0 Å². The normalized spacial score (nSPS) is 37.0. The molecule has 10 nitrogen and oxygen atoms in total. The number of carbonyl (C=O) groups excluding carboxylic acids is 4. The summed E-state index contributed by atoms with van der Waals surface area (Å²) in [7, 11) is 3.49. The van der Waals surface area contributed by atoms with Crippen molar-refractivity contribution in [1.29, 1.82) is 0 Å². The molecule has 0 aromatic carbocycles. The van der Waals surface area contributed by atoms with Crippen molar-refractivity contribution in [3.8, 4) is 0 Å². The van der Waals surface area contributed by atoms with Gasteiger partial charge < -0.3 is 15.0 Å². The van der Waals surface area contributed by atoms with E-state index in [1.165, 1.54) is 10.5 Å². The number of nitrogens with zero attached hydrogens (tertiary/aromatic N) is 3. The Balaban J connectivity index is 1.19. The van der Waals surface area contributed by atoms with Crippen LogP contribution < -0.4 is 5.32 Å². The highest BCUT2D eigenvalue weighted by molar-refractivity contribution is 5.91. The number of hydrogen-bond donors (Lipinski definition) is 1. The Labute approximate surface area is 255 Å². The van der Waals surface area contributed by atoms with Crippen LogP contribution >= 0.6 is 0 Å². The van der Waals surface area contributed by atoms with E-state index in [9.17, 15) is 19.2 Å². The number of oxime groups is 1. The maximum absolute atomic E-state index is 13.1. The molecule has 1 N–H and O–H groups in total. The van der Waals surface area contributed by atoms with Gasteiger partial charge in [-0.25, -0.2) is 4.79 Å². The van der Waals surface area contributed by atoms with E-state index in [0.717, 1.165) is 63.5 Å². The highest BCUT2D eigenvalue weighted by Gasteiger charge is 2.59. The van der Waals surface area contributed by atoms with Gasteiger partial charge >= 0.3 is 6.09 Å². The van der Waals surface area contributed by atoms with Crippen LogP contribution in [0.2, 0.25) is 0 Å². The molecule has 0 radical (unpaired) electrons. The Hall–Kier alpha value is -2.75. The zero-order valence-corrected chi connectivity index (χ0v) is 26.6. The number of likely N-dealkylation sites (N-methyl/N-ethyl adjacent to an activating group) is 1. The monoisotopic (exact) mass is 598 g/mol. The van der Waals surface area contributed by atoms with Gasteiger partial charge in [0.05, 0.1) is 11.8 Å². The van der Waals surface area contributed by atoms with Gasteiger partial charge in [-0.3, -0.25) is 24.1 Å². The molecule has 43 heavy (non-hydrogen) atoms. The molecule has 1 heterocycles. The fraction of sp³-hybridized carbons (Fsp3) is 0.788. The lowest BCUT2D eigenvalue weighted by atomic mass is 9.46. The average Bonchev–Trinajstić information content (AvgIpc) is 3.60. The summed E-state index contributed by atoms with van der Waals surface area (Å²) < 4.78 is 4.91. The molecular formula is C33H50N4O6.